The predicted octanol–water partition coefficient (Wildman–Crippen LogP) is 9.71. The maximum atomic E-state index is 11.8. The van der Waals surface area contributed by atoms with Gasteiger partial charge in [0.1, 0.15) is 29.3 Å². The zero-order chi connectivity index (χ0) is 41.4. The van der Waals surface area contributed by atoms with Crippen molar-refractivity contribution in [3.05, 3.63) is 228 Å². The van der Waals surface area contributed by atoms with Crippen molar-refractivity contribution in [1.29, 1.82) is 0 Å². The summed E-state index contributed by atoms with van der Waals surface area (Å²) >= 11 is 0. The first-order chi connectivity index (χ1) is 29.3. The first-order valence-corrected chi connectivity index (χ1v) is 21.7. The van der Waals surface area contributed by atoms with Gasteiger partial charge in [-0.25, -0.2) is 15.0 Å². The third-order valence-electron chi connectivity index (χ3n) is 10.9. The smallest absolute Gasteiger partial charge is 0.350 e. The molecule has 0 aliphatic rings. The summed E-state index contributed by atoms with van der Waals surface area (Å²) in [6.07, 6.45) is 2.34. The molecule has 2 unspecified atom stereocenters. The number of hydrogen-bond donors (Lipinski definition) is 3. The molecule has 2 aromatic heterocycles. The quantitative estimate of drug-likeness (QED) is 0.0467. The Kier molecular flexibility index (Phi) is 12.1. The first-order valence-electron chi connectivity index (χ1n) is 19.9. The molecule has 302 valence electrons. The lowest BCUT2D eigenvalue weighted by molar-refractivity contribution is -0.0657. The van der Waals surface area contributed by atoms with Gasteiger partial charge in [-0.05, 0) is 46.7 Å². The molecule has 3 N–H and O–H groups in total. The molecule has 0 bridgehead atoms. The molecule has 0 amide bonds. The van der Waals surface area contributed by atoms with Crippen LogP contribution in [0.25, 0.3) is 11.2 Å². The molecule has 6 aromatic carbocycles. The summed E-state index contributed by atoms with van der Waals surface area (Å²) < 4.78 is 26.9. The third kappa shape index (κ3) is 8.29. The van der Waals surface area contributed by atoms with Gasteiger partial charge in [0.25, 0.3) is 0 Å². The topological polar surface area (TPSA) is 132 Å². The zero-order valence-electron chi connectivity index (χ0n) is 33.1. The van der Waals surface area contributed by atoms with Crippen molar-refractivity contribution in [2.75, 3.05) is 18.3 Å². The van der Waals surface area contributed by atoms with Crippen LogP contribution in [0.2, 0.25) is 0 Å². The van der Waals surface area contributed by atoms with Crippen LogP contribution in [-0.2, 0) is 25.2 Å². The maximum absolute atomic E-state index is 11.8. The van der Waals surface area contributed by atoms with Gasteiger partial charge in [0.05, 0.1) is 18.5 Å². The number of anilines is 1. The minimum absolute atomic E-state index is 0.0352. The average molecular weight is 816 g/mol. The molecule has 8 rings (SSSR count). The minimum atomic E-state index is -4.41. The van der Waals surface area contributed by atoms with Gasteiger partial charge in [-0.1, -0.05) is 182 Å². The van der Waals surface area contributed by atoms with E-state index in [2.05, 4.69) is 78.1 Å². The van der Waals surface area contributed by atoms with Gasteiger partial charge in [-0.3, -0.25) is 4.57 Å². The molecule has 0 spiro atoms. The molecule has 0 saturated carbocycles. The van der Waals surface area contributed by atoms with Gasteiger partial charge < -0.3 is 29.1 Å². The molecule has 0 radical (unpaired) electrons. The van der Waals surface area contributed by atoms with Crippen molar-refractivity contribution in [2.24, 2.45) is 0 Å². The van der Waals surface area contributed by atoms with Crippen LogP contribution in [0.4, 0.5) is 5.82 Å². The molecule has 2 heterocycles. The standard InChI is InChI=1S/C49H46N5O5P/c1-37(59-49(41-26-14-5-15-27-41,42-28-16-6-17-29-42)43-30-18-7-19-31-43)44(32-33-58-36-60(55,56)57)54-35-52-45-46(50-34-51-47(45)54)53-48(38-20-8-2-9-21-38,39-22-10-3-11-23-39)40-24-12-4-13-25-40/h2-31,34-35,37,44H,32-33,36H2,1H3,(H,50,51,53)(H2,55,56,57). The second kappa shape index (κ2) is 17.9. The summed E-state index contributed by atoms with van der Waals surface area (Å²) in [4.78, 5) is 33.9. The second-order valence-electron chi connectivity index (χ2n) is 14.7. The Morgan fingerprint density at radius 3 is 1.45 bits per heavy atom. The summed E-state index contributed by atoms with van der Waals surface area (Å²) in [7, 11) is -4.41. The van der Waals surface area contributed by atoms with E-state index < -0.39 is 37.2 Å². The van der Waals surface area contributed by atoms with Crippen LogP contribution in [0.3, 0.4) is 0 Å². The Bertz CT molecular complexity index is 2440. The monoisotopic (exact) mass is 815 g/mol. The molecule has 8 aromatic rings. The van der Waals surface area contributed by atoms with E-state index in [-0.39, 0.29) is 6.61 Å². The Balaban J connectivity index is 1.26. The summed E-state index contributed by atoms with van der Waals surface area (Å²) in [5.41, 5.74) is 5.01. The van der Waals surface area contributed by atoms with E-state index >= 15 is 0 Å². The molecule has 11 heteroatoms. The van der Waals surface area contributed by atoms with Crippen LogP contribution in [-0.4, -0.2) is 48.4 Å². The molecule has 0 aliphatic carbocycles. The van der Waals surface area contributed by atoms with Crippen molar-refractivity contribution in [1.82, 2.24) is 19.5 Å². The highest BCUT2D eigenvalue weighted by Gasteiger charge is 2.42. The number of ether oxygens (including phenoxy) is 2. The van der Waals surface area contributed by atoms with E-state index in [9.17, 15) is 14.4 Å². The van der Waals surface area contributed by atoms with E-state index in [1.807, 2.05) is 121 Å². The number of benzene rings is 6. The molecule has 0 aliphatic heterocycles. The normalized spacial score (nSPS) is 13.2. The van der Waals surface area contributed by atoms with Crippen molar-refractivity contribution in [3.63, 3.8) is 0 Å². The number of fused-ring (bicyclic) bond motifs is 1. The van der Waals surface area contributed by atoms with Crippen molar-refractivity contribution in [3.8, 4) is 0 Å². The lowest BCUT2D eigenvalue weighted by atomic mass is 9.77. The molecular weight excluding hydrogens is 770 g/mol. The molecule has 10 nitrogen and oxygen atoms in total. The third-order valence-corrected chi connectivity index (χ3v) is 11.4. The van der Waals surface area contributed by atoms with Gasteiger partial charge in [0.2, 0.25) is 0 Å². The fourth-order valence-corrected chi connectivity index (χ4v) is 8.58. The lowest BCUT2D eigenvalue weighted by Gasteiger charge is -2.40. The Labute approximate surface area is 349 Å². The highest BCUT2D eigenvalue weighted by Crippen LogP contribution is 2.44. The molecule has 0 fully saturated rings. The minimum Gasteiger partial charge on any atom is -0.369 e. The van der Waals surface area contributed by atoms with Crippen LogP contribution in [0.5, 0.6) is 0 Å². The SMILES string of the molecule is CC(OC(c1ccccc1)(c1ccccc1)c1ccccc1)C(CCOCP(=O)(O)O)n1cnc2c(NC(c3ccccc3)(c3ccccc3)c3ccccc3)ncnc21. The van der Waals surface area contributed by atoms with Gasteiger partial charge >= 0.3 is 7.60 Å². The van der Waals surface area contributed by atoms with E-state index in [1.54, 1.807) is 6.33 Å². The van der Waals surface area contributed by atoms with E-state index in [0.29, 0.717) is 23.4 Å². The number of nitrogens with one attached hydrogen (secondary N) is 1. The van der Waals surface area contributed by atoms with Gasteiger partial charge in [-0.2, -0.15) is 0 Å². The van der Waals surface area contributed by atoms with Crippen molar-refractivity contribution < 1.29 is 23.8 Å². The van der Waals surface area contributed by atoms with E-state index in [1.165, 1.54) is 6.33 Å². The highest BCUT2D eigenvalue weighted by atomic mass is 31.2. The van der Waals surface area contributed by atoms with Crippen LogP contribution in [0.1, 0.15) is 52.8 Å². The van der Waals surface area contributed by atoms with Crippen LogP contribution in [0, 0.1) is 0 Å². The number of nitrogens with zero attached hydrogens (tertiary/aromatic N) is 4. The summed E-state index contributed by atoms with van der Waals surface area (Å²) in [5, 5.41) is 3.87. The predicted molar refractivity (Wildman–Crippen MR) is 234 cm³/mol. The van der Waals surface area contributed by atoms with Crippen molar-refractivity contribution in [2.45, 2.75) is 36.6 Å². The second-order valence-corrected chi connectivity index (χ2v) is 16.3. The number of aromatic nitrogens is 4. The van der Waals surface area contributed by atoms with E-state index in [0.717, 1.165) is 33.4 Å². The summed E-state index contributed by atoms with van der Waals surface area (Å²) in [6, 6.07) is 60.8. The lowest BCUT2D eigenvalue weighted by Crippen LogP contribution is -2.39. The Morgan fingerprint density at radius 2 is 1.03 bits per heavy atom. The molecule has 2 atom stereocenters. The average Bonchev–Trinajstić information content (AvgIpc) is 3.73. The largest absolute Gasteiger partial charge is 0.369 e. The zero-order valence-corrected chi connectivity index (χ0v) is 34.0. The van der Waals surface area contributed by atoms with Crippen LogP contribution < -0.4 is 5.32 Å². The van der Waals surface area contributed by atoms with Crippen molar-refractivity contribution >= 4 is 24.6 Å². The fraction of sp³-hybridized carbons (Fsp3) is 0.163. The van der Waals surface area contributed by atoms with Crippen LogP contribution in [0.15, 0.2) is 195 Å². The number of imidazole rings is 1. The Morgan fingerprint density at radius 1 is 0.617 bits per heavy atom. The van der Waals surface area contributed by atoms with Gasteiger partial charge in [0, 0.05) is 6.61 Å². The Hall–Kier alpha value is -6.26. The van der Waals surface area contributed by atoms with Gasteiger partial charge in [0.15, 0.2) is 11.5 Å². The van der Waals surface area contributed by atoms with Crippen LogP contribution >= 0.6 is 7.60 Å². The summed E-state index contributed by atoms with van der Waals surface area (Å²) in [5.74, 6) is 0.521. The van der Waals surface area contributed by atoms with E-state index in [4.69, 9.17) is 24.4 Å². The highest BCUT2D eigenvalue weighted by molar-refractivity contribution is 7.51. The maximum Gasteiger partial charge on any atom is 0.350 e. The molecular formula is C49H46N5O5P. The molecule has 0 saturated heterocycles. The summed E-state index contributed by atoms with van der Waals surface area (Å²) in [6.45, 7) is 2.04. The fourth-order valence-electron chi connectivity index (χ4n) is 8.21. The number of hydrogen-bond acceptors (Lipinski definition) is 7. The first kappa shape index (κ1) is 40.5. The number of rotatable bonds is 17. The van der Waals surface area contributed by atoms with Gasteiger partial charge in [-0.15, -0.1) is 0 Å². The molecule has 60 heavy (non-hydrogen) atoms.